The number of hydrogen-bond donors (Lipinski definition) is 0. The quantitative estimate of drug-likeness (QED) is 0.310. The number of anilines is 2. The Kier molecular flexibility index (Phi) is 5.97. The molecule has 3 heterocycles. The number of aromatic nitrogens is 3. The van der Waals surface area contributed by atoms with Crippen LogP contribution in [0.2, 0.25) is 0 Å². The molecule has 33 heavy (non-hydrogen) atoms. The van der Waals surface area contributed by atoms with E-state index >= 15 is 0 Å². The predicted molar refractivity (Wildman–Crippen MR) is 124 cm³/mol. The predicted octanol–water partition coefficient (Wildman–Crippen LogP) is 2.69. The number of carbonyl (C=O) groups is 1. The Hall–Kier alpha value is -3.44. The topological polar surface area (TPSA) is 107 Å². The van der Waals surface area contributed by atoms with Gasteiger partial charge in [0.05, 0.1) is 29.6 Å². The van der Waals surface area contributed by atoms with Gasteiger partial charge in [0.2, 0.25) is 11.9 Å². The molecule has 0 N–H and O–H groups in total. The molecule has 1 saturated heterocycles. The van der Waals surface area contributed by atoms with Gasteiger partial charge in [-0.3, -0.25) is 19.5 Å². The number of non-ortho nitro benzene ring substituents is 1. The average molecular weight is 467 g/mol. The number of thioether (sulfide) groups is 1. The van der Waals surface area contributed by atoms with Gasteiger partial charge in [0.1, 0.15) is 0 Å². The number of para-hydroxylation sites is 1. The SMILES string of the molecule is O=C(CSc1nnc(N2CCOCC2)n1-c1ccccc1)N1CCc2cc([N+](=O)[O-])ccc21. The van der Waals surface area contributed by atoms with Crippen molar-refractivity contribution in [2.75, 3.05) is 48.4 Å². The molecule has 2 aliphatic rings. The van der Waals surface area contributed by atoms with E-state index in [0.717, 1.165) is 36.0 Å². The second-order valence-corrected chi connectivity index (χ2v) is 8.65. The minimum Gasteiger partial charge on any atom is -0.378 e. The van der Waals surface area contributed by atoms with Crippen molar-refractivity contribution >= 4 is 35.0 Å². The lowest BCUT2D eigenvalue weighted by Gasteiger charge is -2.28. The monoisotopic (exact) mass is 466 g/mol. The van der Waals surface area contributed by atoms with Crippen molar-refractivity contribution in [1.82, 2.24) is 14.8 Å². The van der Waals surface area contributed by atoms with Crippen LogP contribution in [-0.2, 0) is 16.0 Å². The number of ether oxygens (including phenoxy) is 1. The molecule has 1 amide bonds. The zero-order chi connectivity index (χ0) is 22.8. The summed E-state index contributed by atoms with van der Waals surface area (Å²) in [5.74, 6) is 0.853. The number of nitro groups is 1. The summed E-state index contributed by atoms with van der Waals surface area (Å²) in [5, 5.41) is 20.5. The van der Waals surface area contributed by atoms with E-state index < -0.39 is 4.92 Å². The summed E-state index contributed by atoms with van der Waals surface area (Å²) in [6.07, 6.45) is 0.606. The molecule has 0 bridgehead atoms. The molecule has 5 rings (SSSR count). The lowest BCUT2D eigenvalue weighted by atomic mass is 10.1. The van der Waals surface area contributed by atoms with Crippen LogP contribution in [-0.4, -0.2) is 64.2 Å². The summed E-state index contributed by atoms with van der Waals surface area (Å²) < 4.78 is 7.44. The summed E-state index contributed by atoms with van der Waals surface area (Å²) >= 11 is 1.34. The maximum absolute atomic E-state index is 13.0. The number of benzene rings is 2. The fourth-order valence-corrected chi connectivity index (χ4v) is 4.92. The first-order valence-corrected chi connectivity index (χ1v) is 11.6. The largest absolute Gasteiger partial charge is 0.378 e. The standard InChI is InChI=1S/C22H22N6O4S/c29-20(26-9-8-16-14-18(28(30)31)6-7-19(16)26)15-33-22-24-23-21(25-10-12-32-13-11-25)27(22)17-4-2-1-3-5-17/h1-7,14H,8-13,15H2. The Labute approximate surface area is 194 Å². The number of nitrogens with zero attached hydrogens (tertiary/aromatic N) is 6. The maximum atomic E-state index is 13.0. The van der Waals surface area contributed by atoms with Crippen LogP contribution in [0.3, 0.4) is 0 Å². The molecule has 0 radical (unpaired) electrons. The first-order valence-electron chi connectivity index (χ1n) is 10.7. The van der Waals surface area contributed by atoms with E-state index in [-0.39, 0.29) is 17.3 Å². The van der Waals surface area contributed by atoms with E-state index in [4.69, 9.17) is 4.74 Å². The molecule has 0 unspecified atom stereocenters. The minimum atomic E-state index is -0.414. The number of rotatable bonds is 6. The van der Waals surface area contributed by atoms with Crippen LogP contribution >= 0.6 is 11.8 Å². The van der Waals surface area contributed by atoms with E-state index in [9.17, 15) is 14.9 Å². The first kappa shape index (κ1) is 21.4. The van der Waals surface area contributed by atoms with Crippen LogP contribution in [0.5, 0.6) is 0 Å². The lowest BCUT2D eigenvalue weighted by Crippen LogP contribution is -2.37. The Balaban J connectivity index is 1.36. The van der Waals surface area contributed by atoms with Gasteiger partial charge in [0.25, 0.3) is 5.69 Å². The molecule has 0 aliphatic carbocycles. The van der Waals surface area contributed by atoms with Crippen molar-refractivity contribution in [1.29, 1.82) is 0 Å². The number of nitro benzene ring substituents is 1. The molecule has 1 aromatic heterocycles. The van der Waals surface area contributed by atoms with Crippen LogP contribution in [0.15, 0.2) is 53.7 Å². The van der Waals surface area contributed by atoms with Crippen molar-refractivity contribution in [3.63, 3.8) is 0 Å². The van der Waals surface area contributed by atoms with Gasteiger partial charge >= 0.3 is 0 Å². The Morgan fingerprint density at radius 3 is 2.64 bits per heavy atom. The Bertz CT molecular complexity index is 1180. The smallest absolute Gasteiger partial charge is 0.269 e. The second-order valence-electron chi connectivity index (χ2n) is 7.71. The van der Waals surface area contributed by atoms with Gasteiger partial charge < -0.3 is 14.5 Å². The highest BCUT2D eigenvalue weighted by atomic mass is 32.2. The van der Waals surface area contributed by atoms with E-state index in [0.29, 0.717) is 31.3 Å². The maximum Gasteiger partial charge on any atom is 0.269 e. The third-order valence-corrected chi connectivity index (χ3v) is 6.63. The number of carbonyl (C=O) groups excluding carboxylic acids is 1. The van der Waals surface area contributed by atoms with Gasteiger partial charge in [-0.2, -0.15) is 0 Å². The summed E-state index contributed by atoms with van der Waals surface area (Å²) in [6.45, 7) is 3.24. The van der Waals surface area contributed by atoms with Gasteiger partial charge in [-0.25, -0.2) is 0 Å². The van der Waals surface area contributed by atoms with Gasteiger partial charge in [-0.15, -0.1) is 10.2 Å². The molecule has 10 nitrogen and oxygen atoms in total. The van der Waals surface area contributed by atoms with Crippen LogP contribution < -0.4 is 9.80 Å². The molecule has 0 saturated carbocycles. The van der Waals surface area contributed by atoms with Crippen LogP contribution in [0.25, 0.3) is 5.69 Å². The highest BCUT2D eigenvalue weighted by Crippen LogP contribution is 2.33. The Morgan fingerprint density at radius 1 is 1.09 bits per heavy atom. The van der Waals surface area contributed by atoms with Gasteiger partial charge in [-0.1, -0.05) is 30.0 Å². The minimum absolute atomic E-state index is 0.0454. The van der Waals surface area contributed by atoms with Crippen molar-refractivity contribution < 1.29 is 14.5 Å². The molecular weight excluding hydrogens is 444 g/mol. The van der Waals surface area contributed by atoms with E-state index in [2.05, 4.69) is 15.1 Å². The lowest BCUT2D eigenvalue weighted by molar-refractivity contribution is -0.384. The van der Waals surface area contributed by atoms with Gasteiger partial charge in [-0.05, 0) is 30.2 Å². The highest BCUT2D eigenvalue weighted by Gasteiger charge is 2.28. The van der Waals surface area contributed by atoms with Crippen LogP contribution in [0, 0.1) is 10.1 Å². The second kappa shape index (κ2) is 9.20. The zero-order valence-corrected chi connectivity index (χ0v) is 18.6. The molecule has 0 spiro atoms. The number of fused-ring (bicyclic) bond motifs is 1. The number of morpholine rings is 1. The Morgan fingerprint density at radius 2 is 1.88 bits per heavy atom. The molecule has 2 aromatic carbocycles. The van der Waals surface area contributed by atoms with Gasteiger partial charge in [0.15, 0.2) is 5.16 Å². The number of amides is 1. The molecule has 1 fully saturated rings. The first-order chi connectivity index (χ1) is 16.1. The van der Waals surface area contributed by atoms with E-state index in [1.54, 1.807) is 17.0 Å². The number of hydrogen-bond acceptors (Lipinski definition) is 8. The van der Waals surface area contributed by atoms with E-state index in [1.807, 2.05) is 34.9 Å². The van der Waals surface area contributed by atoms with Crippen LogP contribution in [0.4, 0.5) is 17.3 Å². The molecule has 170 valence electrons. The van der Waals surface area contributed by atoms with Crippen molar-refractivity contribution in [3.8, 4) is 5.69 Å². The third-order valence-electron chi connectivity index (χ3n) is 5.72. The van der Waals surface area contributed by atoms with Crippen molar-refractivity contribution in [2.24, 2.45) is 0 Å². The molecule has 0 atom stereocenters. The summed E-state index contributed by atoms with van der Waals surface area (Å²) in [5.41, 5.74) is 2.54. The molecule has 2 aliphatic heterocycles. The van der Waals surface area contributed by atoms with Crippen molar-refractivity contribution in [3.05, 3.63) is 64.2 Å². The highest BCUT2D eigenvalue weighted by molar-refractivity contribution is 7.99. The van der Waals surface area contributed by atoms with E-state index in [1.165, 1.54) is 17.8 Å². The molecule has 11 heteroatoms. The molecule has 3 aromatic rings. The van der Waals surface area contributed by atoms with Crippen LogP contribution in [0.1, 0.15) is 5.56 Å². The zero-order valence-electron chi connectivity index (χ0n) is 17.8. The third kappa shape index (κ3) is 4.29. The molecular formula is C22H22N6O4S. The fraction of sp³-hybridized carbons (Fsp3) is 0.318. The fourth-order valence-electron chi connectivity index (χ4n) is 4.09. The normalized spacial score (nSPS) is 15.5. The van der Waals surface area contributed by atoms with Crippen molar-refractivity contribution in [2.45, 2.75) is 11.6 Å². The summed E-state index contributed by atoms with van der Waals surface area (Å²) in [7, 11) is 0. The average Bonchev–Trinajstić information content (AvgIpc) is 3.47. The van der Waals surface area contributed by atoms with Gasteiger partial charge in [0, 0.05) is 37.5 Å². The summed E-state index contributed by atoms with van der Waals surface area (Å²) in [6, 6.07) is 14.5. The summed E-state index contributed by atoms with van der Waals surface area (Å²) in [4.78, 5) is 27.5.